The molecular weight excluding hydrogens is 244 g/mol. The van der Waals surface area contributed by atoms with Gasteiger partial charge in [-0.05, 0) is 81.8 Å². The van der Waals surface area contributed by atoms with Gasteiger partial charge in [0.25, 0.3) is 0 Å². The predicted octanol–water partition coefficient (Wildman–Crippen LogP) is 3.57. The molecule has 3 aliphatic rings. The molecule has 0 aromatic rings. The molecule has 1 heterocycles. The Morgan fingerprint density at radius 3 is 2.50 bits per heavy atom. The molecule has 0 spiro atoms. The van der Waals surface area contributed by atoms with Crippen LogP contribution in [0.15, 0.2) is 0 Å². The minimum Gasteiger partial charge on any atom is -0.316 e. The predicted molar refractivity (Wildman–Crippen MR) is 85.8 cm³/mol. The van der Waals surface area contributed by atoms with Gasteiger partial charge in [-0.2, -0.15) is 0 Å². The first-order valence-corrected chi connectivity index (χ1v) is 9.25. The molecule has 20 heavy (non-hydrogen) atoms. The van der Waals surface area contributed by atoms with Gasteiger partial charge in [0.2, 0.25) is 0 Å². The van der Waals surface area contributed by atoms with Crippen LogP contribution in [0.3, 0.4) is 0 Å². The molecule has 0 amide bonds. The lowest BCUT2D eigenvalue weighted by Gasteiger charge is -2.38. The van der Waals surface area contributed by atoms with E-state index in [0.717, 1.165) is 29.7 Å². The highest BCUT2D eigenvalue weighted by molar-refractivity contribution is 4.84. The van der Waals surface area contributed by atoms with Crippen molar-refractivity contribution >= 4 is 0 Å². The van der Waals surface area contributed by atoms with Gasteiger partial charge in [-0.15, -0.1) is 0 Å². The summed E-state index contributed by atoms with van der Waals surface area (Å²) in [5, 5.41) is 7.33. The fourth-order valence-electron chi connectivity index (χ4n) is 4.93. The van der Waals surface area contributed by atoms with Crippen molar-refractivity contribution in [3.63, 3.8) is 0 Å². The molecule has 3 atom stereocenters. The molecule has 2 nitrogen and oxygen atoms in total. The SMILES string of the molecule is CC1CCCC(C2CCC(NCC3CCNC3)CC2)C1. The Kier molecular flexibility index (Phi) is 5.39. The quantitative estimate of drug-likeness (QED) is 0.821. The molecule has 2 N–H and O–H groups in total. The average Bonchev–Trinajstić information content (AvgIpc) is 2.99. The Hall–Kier alpha value is -0.0800. The van der Waals surface area contributed by atoms with Gasteiger partial charge in [0, 0.05) is 6.04 Å². The van der Waals surface area contributed by atoms with Crippen LogP contribution in [-0.2, 0) is 0 Å². The smallest absolute Gasteiger partial charge is 0.00673 e. The zero-order valence-electron chi connectivity index (χ0n) is 13.4. The van der Waals surface area contributed by atoms with E-state index >= 15 is 0 Å². The lowest BCUT2D eigenvalue weighted by Crippen LogP contribution is -2.38. The van der Waals surface area contributed by atoms with E-state index < -0.39 is 0 Å². The summed E-state index contributed by atoms with van der Waals surface area (Å²) in [5.41, 5.74) is 0. The second-order valence-corrected chi connectivity index (χ2v) is 7.91. The molecule has 0 bridgehead atoms. The van der Waals surface area contributed by atoms with Crippen molar-refractivity contribution in [3.8, 4) is 0 Å². The van der Waals surface area contributed by atoms with Crippen molar-refractivity contribution in [3.05, 3.63) is 0 Å². The Morgan fingerprint density at radius 2 is 1.80 bits per heavy atom. The molecule has 2 saturated carbocycles. The Bertz CT molecular complexity index is 277. The van der Waals surface area contributed by atoms with Gasteiger partial charge in [-0.25, -0.2) is 0 Å². The summed E-state index contributed by atoms with van der Waals surface area (Å²) in [4.78, 5) is 0. The molecular formula is C18H34N2. The van der Waals surface area contributed by atoms with Crippen LogP contribution in [0.1, 0.15) is 64.7 Å². The number of nitrogens with one attached hydrogen (secondary N) is 2. The average molecular weight is 278 g/mol. The highest BCUT2D eigenvalue weighted by Crippen LogP contribution is 2.40. The van der Waals surface area contributed by atoms with Crippen LogP contribution < -0.4 is 10.6 Å². The van der Waals surface area contributed by atoms with Crippen molar-refractivity contribution in [1.82, 2.24) is 10.6 Å². The van der Waals surface area contributed by atoms with Crippen LogP contribution >= 0.6 is 0 Å². The number of hydrogen-bond donors (Lipinski definition) is 2. The van der Waals surface area contributed by atoms with Crippen molar-refractivity contribution in [2.75, 3.05) is 19.6 Å². The van der Waals surface area contributed by atoms with Gasteiger partial charge in [0.05, 0.1) is 0 Å². The first-order chi connectivity index (χ1) is 9.81. The molecule has 3 fully saturated rings. The minimum atomic E-state index is 0.827. The monoisotopic (exact) mass is 278 g/mol. The molecule has 1 saturated heterocycles. The zero-order chi connectivity index (χ0) is 13.8. The molecule has 2 heteroatoms. The fourth-order valence-corrected chi connectivity index (χ4v) is 4.93. The summed E-state index contributed by atoms with van der Waals surface area (Å²) in [7, 11) is 0. The van der Waals surface area contributed by atoms with Gasteiger partial charge >= 0.3 is 0 Å². The Labute approximate surface area is 125 Å². The molecule has 1 aliphatic heterocycles. The first-order valence-electron chi connectivity index (χ1n) is 9.25. The fraction of sp³-hybridized carbons (Fsp3) is 1.00. The summed E-state index contributed by atoms with van der Waals surface area (Å²) in [5.74, 6) is 4.02. The summed E-state index contributed by atoms with van der Waals surface area (Å²) in [6, 6.07) is 0.827. The molecule has 3 rings (SSSR count). The van der Waals surface area contributed by atoms with Gasteiger partial charge in [0.1, 0.15) is 0 Å². The van der Waals surface area contributed by atoms with Crippen LogP contribution in [0.4, 0.5) is 0 Å². The summed E-state index contributed by atoms with van der Waals surface area (Å²) >= 11 is 0. The summed E-state index contributed by atoms with van der Waals surface area (Å²) in [6.45, 7) is 6.19. The molecule has 0 aromatic heterocycles. The maximum atomic E-state index is 3.86. The second-order valence-electron chi connectivity index (χ2n) is 7.91. The van der Waals surface area contributed by atoms with Crippen LogP contribution in [0, 0.1) is 23.7 Å². The van der Waals surface area contributed by atoms with E-state index in [0.29, 0.717) is 0 Å². The lowest BCUT2D eigenvalue weighted by molar-refractivity contribution is 0.151. The number of rotatable bonds is 4. The van der Waals surface area contributed by atoms with E-state index in [2.05, 4.69) is 17.6 Å². The highest BCUT2D eigenvalue weighted by Gasteiger charge is 2.30. The Morgan fingerprint density at radius 1 is 0.950 bits per heavy atom. The van der Waals surface area contributed by atoms with E-state index in [4.69, 9.17) is 0 Å². The van der Waals surface area contributed by atoms with E-state index in [1.54, 1.807) is 0 Å². The first kappa shape index (κ1) is 14.8. The van der Waals surface area contributed by atoms with Crippen molar-refractivity contribution < 1.29 is 0 Å². The van der Waals surface area contributed by atoms with Crippen molar-refractivity contribution in [1.29, 1.82) is 0 Å². The standard InChI is InChI=1S/C18H34N2/c1-14-3-2-4-17(11-14)16-5-7-18(8-6-16)20-13-15-9-10-19-12-15/h14-20H,2-13H2,1H3. The largest absolute Gasteiger partial charge is 0.316 e. The van der Waals surface area contributed by atoms with Gasteiger partial charge in [0.15, 0.2) is 0 Å². The molecule has 116 valence electrons. The molecule has 3 unspecified atom stereocenters. The third-order valence-corrected chi connectivity index (χ3v) is 6.27. The van der Waals surface area contributed by atoms with Crippen LogP contribution in [-0.4, -0.2) is 25.7 Å². The van der Waals surface area contributed by atoms with E-state index in [1.807, 2.05) is 0 Å². The van der Waals surface area contributed by atoms with Crippen molar-refractivity contribution in [2.24, 2.45) is 23.7 Å². The zero-order valence-corrected chi connectivity index (χ0v) is 13.4. The topological polar surface area (TPSA) is 24.1 Å². The number of hydrogen-bond acceptors (Lipinski definition) is 2. The summed E-state index contributed by atoms with van der Waals surface area (Å²) < 4.78 is 0. The van der Waals surface area contributed by atoms with Crippen molar-refractivity contribution in [2.45, 2.75) is 70.8 Å². The van der Waals surface area contributed by atoms with Crippen LogP contribution in [0.2, 0.25) is 0 Å². The molecule has 0 aromatic carbocycles. The van der Waals surface area contributed by atoms with Crippen LogP contribution in [0.5, 0.6) is 0 Å². The van der Waals surface area contributed by atoms with Gasteiger partial charge in [-0.1, -0.05) is 26.2 Å². The van der Waals surface area contributed by atoms with E-state index in [1.165, 1.54) is 77.4 Å². The highest BCUT2D eigenvalue weighted by atomic mass is 15.0. The van der Waals surface area contributed by atoms with Gasteiger partial charge in [-0.3, -0.25) is 0 Å². The minimum absolute atomic E-state index is 0.827. The van der Waals surface area contributed by atoms with Gasteiger partial charge < -0.3 is 10.6 Å². The summed E-state index contributed by atoms with van der Waals surface area (Å²) in [6.07, 6.45) is 13.3. The molecule has 0 radical (unpaired) electrons. The maximum absolute atomic E-state index is 3.86. The normalized spacial score (nSPS) is 42.8. The third-order valence-electron chi connectivity index (χ3n) is 6.27. The third kappa shape index (κ3) is 3.98. The Balaban J connectivity index is 1.35. The maximum Gasteiger partial charge on any atom is 0.00673 e. The van der Waals surface area contributed by atoms with E-state index in [9.17, 15) is 0 Å². The lowest BCUT2D eigenvalue weighted by atomic mass is 9.70. The molecule has 2 aliphatic carbocycles. The second kappa shape index (κ2) is 7.26. The van der Waals surface area contributed by atoms with Crippen LogP contribution in [0.25, 0.3) is 0 Å². The van der Waals surface area contributed by atoms with E-state index in [-0.39, 0.29) is 0 Å².